The summed E-state index contributed by atoms with van der Waals surface area (Å²) in [5.74, 6) is 1.02. The number of nitrogens with one attached hydrogen (secondary N) is 1. The standard InChI is InChI=1S/C23H28N4O3/c1-16(2)26-21(28)13-18-14-23(30-20-6-4-3-5-19(18)20)8-11-27(12-9-23)22(29)17-7-10-24-25-15-17/h3-7,10,15-16,18H,8-9,11-14H2,1-2H3,(H,26,28)/t18-/m1/s1. The van der Waals surface area contributed by atoms with Crippen molar-refractivity contribution < 1.29 is 14.3 Å². The molecular formula is C23H28N4O3. The monoisotopic (exact) mass is 408 g/mol. The van der Waals surface area contributed by atoms with Crippen molar-refractivity contribution in [1.29, 1.82) is 0 Å². The lowest BCUT2D eigenvalue weighted by Crippen LogP contribution is -2.52. The van der Waals surface area contributed by atoms with Crippen molar-refractivity contribution in [2.75, 3.05) is 13.1 Å². The molecule has 1 spiro atoms. The second kappa shape index (κ2) is 8.42. The van der Waals surface area contributed by atoms with Gasteiger partial charge in [-0.3, -0.25) is 9.59 Å². The summed E-state index contributed by atoms with van der Waals surface area (Å²) in [6.45, 7) is 5.19. The van der Waals surface area contributed by atoms with Crippen LogP contribution in [0.3, 0.4) is 0 Å². The predicted octanol–water partition coefficient (Wildman–Crippen LogP) is 2.93. The molecule has 1 atom stereocenters. The number of carbonyl (C=O) groups excluding carboxylic acids is 2. The summed E-state index contributed by atoms with van der Waals surface area (Å²) >= 11 is 0. The highest BCUT2D eigenvalue weighted by Crippen LogP contribution is 2.46. The van der Waals surface area contributed by atoms with E-state index < -0.39 is 0 Å². The van der Waals surface area contributed by atoms with Gasteiger partial charge in [-0.05, 0) is 38.0 Å². The number of amides is 2. The summed E-state index contributed by atoms with van der Waals surface area (Å²) < 4.78 is 6.50. The summed E-state index contributed by atoms with van der Waals surface area (Å²) in [6.07, 6.45) is 5.76. The van der Waals surface area contributed by atoms with E-state index in [1.54, 1.807) is 6.07 Å². The summed E-state index contributed by atoms with van der Waals surface area (Å²) in [5.41, 5.74) is 1.31. The summed E-state index contributed by atoms with van der Waals surface area (Å²) in [4.78, 5) is 27.1. The third kappa shape index (κ3) is 4.30. The molecule has 30 heavy (non-hydrogen) atoms. The second-order valence-corrected chi connectivity index (χ2v) is 8.57. The van der Waals surface area contributed by atoms with Crippen LogP contribution in [0.4, 0.5) is 0 Å². The first kappa shape index (κ1) is 20.3. The SMILES string of the molecule is CC(C)NC(=O)C[C@@H]1CC2(CCN(C(=O)c3ccnnc3)CC2)Oc2ccccc21. The van der Waals surface area contributed by atoms with Crippen molar-refractivity contribution in [3.63, 3.8) is 0 Å². The van der Waals surface area contributed by atoms with Crippen LogP contribution in [0.25, 0.3) is 0 Å². The van der Waals surface area contributed by atoms with E-state index in [0.717, 1.165) is 30.6 Å². The van der Waals surface area contributed by atoms with E-state index in [-0.39, 0.29) is 29.4 Å². The second-order valence-electron chi connectivity index (χ2n) is 8.57. The number of fused-ring (bicyclic) bond motifs is 1. The first-order valence-corrected chi connectivity index (χ1v) is 10.6. The smallest absolute Gasteiger partial charge is 0.255 e. The maximum Gasteiger partial charge on any atom is 0.255 e. The lowest BCUT2D eigenvalue weighted by Gasteiger charge is -2.47. The average Bonchev–Trinajstić information content (AvgIpc) is 2.74. The van der Waals surface area contributed by atoms with Gasteiger partial charge in [-0.25, -0.2) is 0 Å². The van der Waals surface area contributed by atoms with Crippen LogP contribution in [0.5, 0.6) is 5.75 Å². The number of rotatable bonds is 4. The fraction of sp³-hybridized carbons (Fsp3) is 0.478. The van der Waals surface area contributed by atoms with Crippen LogP contribution >= 0.6 is 0 Å². The van der Waals surface area contributed by atoms with E-state index in [2.05, 4.69) is 21.6 Å². The zero-order valence-electron chi connectivity index (χ0n) is 17.5. The Morgan fingerprint density at radius 2 is 1.97 bits per heavy atom. The zero-order chi connectivity index (χ0) is 21.1. The van der Waals surface area contributed by atoms with Gasteiger partial charge in [-0.1, -0.05) is 18.2 Å². The molecule has 7 heteroatoms. The molecule has 1 N–H and O–H groups in total. The van der Waals surface area contributed by atoms with Crippen LogP contribution in [0.15, 0.2) is 42.7 Å². The van der Waals surface area contributed by atoms with Crippen molar-refractivity contribution in [2.24, 2.45) is 0 Å². The molecule has 158 valence electrons. The Kier molecular flexibility index (Phi) is 5.70. The van der Waals surface area contributed by atoms with Gasteiger partial charge in [0.05, 0.1) is 18.0 Å². The van der Waals surface area contributed by atoms with E-state index in [0.29, 0.717) is 25.1 Å². The normalized spacial score (nSPS) is 19.8. The van der Waals surface area contributed by atoms with Crippen molar-refractivity contribution in [1.82, 2.24) is 20.4 Å². The minimum Gasteiger partial charge on any atom is -0.487 e. The minimum atomic E-state index is -0.343. The van der Waals surface area contributed by atoms with Gasteiger partial charge in [0.15, 0.2) is 0 Å². The fourth-order valence-electron chi connectivity index (χ4n) is 4.55. The molecule has 7 nitrogen and oxygen atoms in total. The van der Waals surface area contributed by atoms with E-state index >= 15 is 0 Å². The lowest BCUT2D eigenvalue weighted by molar-refractivity contribution is -0.122. The van der Waals surface area contributed by atoms with E-state index in [9.17, 15) is 9.59 Å². The molecule has 0 saturated carbocycles. The quantitative estimate of drug-likeness (QED) is 0.841. The Morgan fingerprint density at radius 1 is 1.20 bits per heavy atom. The largest absolute Gasteiger partial charge is 0.487 e. The minimum absolute atomic E-state index is 0.0242. The van der Waals surface area contributed by atoms with Gasteiger partial charge in [0.25, 0.3) is 5.91 Å². The first-order chi connectivity index (χ1) is 14.5. The molecule has 1 aromatic carbocycles. The van der Waals surface area contributed by atoms with Crippen molar-refractivity contribution in [3.8, 4) is 5.75 Å². The van der Waals surface area contributed by atoms with Crippen LogP contribution in [0.2, 0.25) is 0 Å². The number of likely N-dealkylation sites (tertiary alicyclic amines) is 1. The number of hydrogen-bond acceptors (Lipinski definition) is 5. The van der Waals surface area contributed by atoms with Gasteiger partial charge in [-0.15, -0.1) is 0 Å². The number of aromatic nitrogens is 2. The Balaban J connectivity index is 1.48. The van der Waals surface area contributed by atoms with Crippen molar-refractivity contribution >= 4 is 11.8 Å². The molecule has 0 radical (unpaired) electrons. The molecule has 2 aliphatic rings. The van der Waals surface area contributed by atoms with Gasteiger partial charge in [0.2, 0.25) is 5.91 Å². The van der Waals surface area contributed by atoms with Crippen molar-refractivity contribution in [2.45, 2.75) is 57.1 Å². The zero-order valence-corrected chi connectivity index (χ0v) is 17.5. The lowest BCUT2D eigenvalue weighted by atomic mass is 9.76. The molecule has 2 amide bonds. The third-order valence-electron chi connectivity index (χ3n) is 5.98. The number of para-hydroxylation sites is 1. The van der Waals surface area contributed by atoms with Gasteiger partial charge in [0, 0.05) is 44.3 Å². The summed E-state index contributed by atoms with van der Waals surface area (Å²) in [5, 5.41) is 10.6. The Morgan fingerprint density at radius 3 is 2.67 bits per heavy atom. The Bertz CT molecular complexity index is 908. The average molecular weight is 409 g/mol. The maximum absolute atomic E-state index is 12.7. The van der Waals surface area contributed by atoms with Crippen LogP contribution in [-0.4, -0.2) is 51.6 Å². The van der Waals surface area contributed by atoms with E-state index in [1.807, 2.05) is 36.9 Å². The molecule has 0 bridgehead atoms. The number of ether oxygens (including phenoxy) is 1. The topological polar surface area (TPSA) is 84.4 Å². The van der Waals surface area contributed by atoms with E-state index in [1.165, 1.54) is 12.4 Å². The molecule has 1 saturated heterocycles. The predicted molar refractivity (Wildman–Crippen MR) is 112 cm³/mol. The maximum atomic E-state index is 12.7. The molecule has 3 heterocycles. The van der Waals surface area contributed by atoms with Gasteiger partial charge < -0.3 is 15.0 Å². The molecule has 2 aliphatic heterocycles. The Hall–Kier alpha value is -2.96. The van der Waals surface area contributed by atoms with Gasteiger partial charge in [0.1, 0.15) is 11.4 Å². The summed E-state index contributed by atoms with van der Waals surface area (Å²) in [7, 11) is 0. The first-order valence-electron chi connectivity index (χ1n) is 10.6. The molecule has 1 fully saturated rings. The highest BCUT2D eigenvalue weighted by atomic mass is 16.5. The van der Waals surface area contributed by atoms with Gasteiger partial charge >= 0.3 is 0 Å². The number of nitrogens with zero attached hydrogens (tertiary/aromatic N) is 3. The van der Waals surface area contributed by atoms with E-state index in [4.69, 9.17) is 4.74 Å². The van der Waals surface area contributed by atoms with Crippen LogP contribution in [-0.2, 0) is 4.79 Å². The highest BCUT2D eigenvalue weighted by molar-refractivity contribution is 5.93. The summed E-state index contributed by atoms with van der Waals surface area (Å²) in [6, 6.07) is 9.83. The number of carbonyl (C=O) groups is 2. The molecular weight excluding hydrogens is 380 g/mol. The molecule has 2 aromatic rings. The number of piperidine rings is 1. The third-order valence-corrected chi connectivity index (χ3v) is 5.98. The van der Waals surface area contributed by atoms with Crippen LogP contribution in [0.1, 0.15) is 61.4 Å². The molecule has 0 unspecified atom stereocenters. The highest BCUT2D eigenvalue weighted by Gasteiger charge is 2.44. The van der Waals surface area contributed by atoms with Gasteiger partial charge in [-0.2, -0.15) is 10.2 Å². The number of benzene rings is 1. The number of hydrogen-bond donors (Lipinski definition) is 1. The molecule has 4 rings (SSSR count). The fourth-order valence-corrected chi connectivity index (χ4v) is 4.55. The van der Waals surface area contributed by atoms with Crippen LogP contribution in [0, 0.1) is 0 Å². The molecule has 0 aliphatic carbocycles. The molecule has 1 aromatic heterocycles. The Labute approximate surface area is 176 Å². The van der Waals surface area contributed by atoms with Crippen molar-refractivity contribution in [3.05, 3.63) is 53.9 Å². The van der Waals surface area contributed by atoms with Crippen LogP contribution < -0.4 is 10.1 Å².